The van der Waals surface area contributed by atoms with Crippen molar-refractivity contribution in [2.45, 2.75) is 118 Å². The number of alkyl halides is 5. The number of hydrogen-bond donors (Lipinski definition) is 0. The summed E-state index contributed by atoms with van der Waals surface area (Å²) in [5.74, 6) is 7.92. The zero-order valence-electron chi connectivity index (χ0n) is 85.2. The molecule has 2 unspecified atom stereocenters. The van der Waals surface area contributed by atoms with Gasteiger partial charge in [0.25, 0.3) is 0 Å². The van der Waals surface area contributed by atoms with Gasteiger partial charge in [-0.15, -0.1) is 58.0 Å². The first-order valence-electron chi connectivity index (χ1n) is 46.7. The molecule has 0 N–H and O–H groups in total. The second kappa shape index (κ2) is 66.1. The van der Waals surface area contributed by atoms with Crippen LogP contribution < -0.4 is 47.4 Å². The number of methoxy groups -OCH3 is 5. The van der Waals surface area contributed by atoms with Crippen molar-refractivity contribution in [1.82, 2.24) is 0 Å². The Morgan fingerprint density at radius 3 is 0.340 bits per heavy atom. The Bertz CT molecular complexity index is 5650. The second-order valence-electron chi connectivity index (χ2n) is 35.6. The van der Waals surface area contributed by atoms with Crippen LogP contribution in [0.1, 0.15) is 69.2 Å². The molecule has 10 atom stereocenters. The molecule has 0 saturated carbocycles. The normalized spacial score (nSPS) is 13.7. The van der Waals surface area contributed by atoms with Gasteiger partial charge in [-0.25, -0.2) is 42.1 Å². The first-order valence-corrected chi connectivity index (χ1v) is 60.5. The van der Waals surface area contributed by atoms with Crippen molar-refractivity contribution in [3.8, 4) is 57.5 Å². The van der Waals surface area contributed by atoms with E-state index in [1.165, 1.54) is 152 Å². The monoisotopic (exact) mass is 2470 g/mol. The molecule has 10 aromatic carbocycles. The third kappa shape index (κ3) is 42.1. The van der Waals surface area contributed by atoms with Gasteiger partial charge in [0.1, 0.15) is 57.5 Å². The third-order valence-corrected chi connectivity index (χ3v) is 35.3. The molecule has 0 saturated heterocycles. The first-order chi connectivity index (χ1) is 70.9. The summed E-state index contributed by atoms with van der Waals surface area (Å²) in [7, 11) is -11.0. The van der Waals surface area contributed by atoms with Gasteiger partial charge in [-0.3, -0.25) is 0 Å². The lowest BCUT2D eigenvalue weighted by atomic mass is 10.2. The molecule has 830 valence electrons. The highest BCUT2D eigenvalue weighted by Gasteiger charge is 2.29. The highest BCUT2D eigenvalue weighted by molar-refractivity contribution is 7.92. The van der Waals surface area contributed by atoms with Crippen molar-refractivity contribution in [2.75, 3.05) is 164 Å². The Kier molecular flexibility index (Phi) is 58.5. The van der Waals surface area contributed by atoms with Crippen molar-refractivity contribution in [2.24, 2.45) is 59.2 Å². The molecule has 0 aliphatic heterocycles. The minimum atomic E-state index is -3.81. The Morgan fingerprint density at radius 2 is 0.260 bits per heavy atom. The van der Waals surface area contributed by atoms with E-state index in [0.717, 1.165) is 0 Å². The summed E-state index contributed by atoms with van der Waals surface area (Å²) in [6, 6.07) is 43.6. The lowest BCUT2D eigenvalue weighted by Crippen LogP contribution is -2.14. The largest absolute Gasteiger partial charge is 0.492 e. The molecule has 0 aromatic heterocycles. The summed E-state index contributed by atoms with van der Waals surface area (Å²) in [5, 5.41) is 2.07. The van der Waals surface area contributed by atoms with Crippen LogP contribution in [0.3, 0.4) is 0 Å². The average molecular weight is 2480 g/mol. The molecule has 0 fully saturated rings. The number of hydrogen-bond acceptors (Lipinski definition) is 25. The van der Waals surface area contributed by atoms with E-state index in [1.54, 1.807) is 65.9 Å². The van der Waals surface area contributed by atoms with Gasteiger partial charge in [-0.05, 0) is 182 Å². The van der Waals surface area contributed by atoms with E-state index in [1.807, 2.05) is 69.2 Å². The first kappa shape index (κ1) is 133. The van der Waals surface area contributed by atoms with Crippen LogP contribution >= 0.6 is 174 Å². The molecule has 10 aromatic rings. The van der Waals surface area contributed by atoms with Crippen LogP contribution in [0.4, 0.5) is 0 Å². The fourth-order valence-electron chi connectivity index (χ4n) is 12.5. The van der Waals surface area contributed by atoms with E-state index >= 15 is 0 Å². The van der Waals surface area contributed by atoms with Crippen molar-refractivity contribution in [1.29, 1.82) is 0 Å². The third-order valence-electron chi connectivity index (χ3n) is 20.9. The maximum atomic E-state index is 13.0. The molecule has 0 amide bonds. The fraction of sp³-hybridized carbons (Fsp3) is 0.429. The molecular formula is C105H125Cl15O25S5. The summed E-state index contributed by atoms with van der Waals surface area (Å²) < 4.78 is 212. The Morgan fingerprint density at radius 1 is 0.167 bits per heavy atom. The molecule has 0 aliphatic carbocycles. The molecule has 0 aliphatic rings. The van der Waals surface area contributed by atoms with E-state index in [9.17, 15) is 42.1 Å². The highest BCUT2D eigenvalue weighted by atomic mass is 35.5. The van der Waals surface area contributed by atoms with Crippen LogP contribution in [0.25, 0.3) is 0 Å². The van der Waals surface area contributed by atoms with E-state index < -0.39 is 49.2 Å². The smallest absolute Gasteiger partial charge is 0.206 e. The second-order valence-corrected chi connectivity index (χ2v) is 51.0. The van der Waals surface area contributed by atoms with Gasteiger partial charge in [0.2, 0.25) is 49.2 Å². The van der Waals surface area contributed by atoms with Gasteiger partial charge in [0, 0.05) is 124 Å². The lowest BCUT2D eigenvalue weighted by Gasteiger charge is -2.14. The summed E-state index contributed by atoms with van der Waals surface area (Å²) in [5.41, 5.74) is 0. The van der Waals surface area contributed by atoms with E-state index in [2.05, 4.69) is 0 Å². The standard InChI is InChI=1S/5C21H25Cl3O5S/c5*1-14(10-22)12-28-20-6-4-16(8-18(20)23)30(25,26)17-5-7-21(19(24)9-17)29-13-15(2)11-27-3/h5*4-9,14-15H,10-13H2,1-3H3/t2*14-,15+;2*14-,15-;/m1010./s1. The van der Waals surface area contributed by atoms with Gasteiger partial charge in [-0.1, -0.05) is 185 Å². The molecule has 0 spiro atoms. The van der Waals surface area contributed by atoms with E-state index in [0.29, 0.717) is 186 Å². The Hall–Kier alpha value is -5.90. The van der Waals surface area contributed by atoms with Gasteiger partial charge in [-0.2, -0.15) is 0 Å². The molecular weight excluding hydrogens is 2350 g/mol. The molecule has 45 heteroatoms. The maximum absolute atomic E-state index is 13.0. The number of halogens is 15. The minimum absolute atomic E-state index is 0.0451. The van der Waals surface area contributed by atoms with Gasteiger partial charge >= 0.3 is 0 Å². The van der Waals surface area contributed by atoms with Crippen molar-refractivity contribution < 1.29 is 113 Å². The van der Waals surface area contributed by atoms with Crippen molar-refractivity contribution >= 4 is 223 Å². The van der Waals surface area contributed by atoms with Crippen LogP contribution in [0.15, 0.2) is 231 Å². The van der Waals surface area contributed by atoms with Gasteiger partial charge in [0.15, 0.2) is 0 Å². The van der Waals surface area contributed by atoms with Crippen molar-refractivity contribution in [3.05, 3.63) is 232 Å². The predicted octanol–water partition coefficient (Wildman–Crippen LogP) is 28.7. The highest BCUT2D eigenvalue weighted by Crippen LogP contribution is 2.42. The number of sulfone groups is 5. The van der Waals surface area contributed by atoms with Crippen LogP contribution in [-0.4, -0.2) is 206 Å². The Labute approximate surface area is 958 Å². The number of rotatable bonds is 55. The molecule has 0 heterocycles. The zero-order chi connectivity index (χ0) is 112. The topological polar surface area (TPSA) is 309 Å². The van der Waals surface area contributed by atoms with E-state index in [4.69, 9.17) is 245 Å². The average Bonchev–Trinajstić information content (AvgIpc) is 0.803. The van der Waals surface area contributed by atoms with Crippen molar-refractivity contribution in [3.63, 3.8) is 0 Å². The summed E-state index contributed by atoms with van der Waals surface area (Å²) in [4.78, 5) is 0.458. The molecule has 150 heavy (non-hydrogen) atoms. The number of benzene rings is 10. The quantitative estimate of drug-likeness (QED) is 0.0320. The van der Waals surface area contributed by atoms with Crippen LogP contribution in [0.2, 0.25) is 50.2 Å². The minimum Gasteiger partial charge on any atom is -0.492 e. The van der Waals surface area contributed by atoms with Crippen LogP contribution in [0.5, 0.6) is 57.5 Å². The van der Waals surface area contributed by atoms with Crippen LogP contribution in [0, 0.1) is 59.2 Å². The van der Waals surface area contributed by atoms with Gasteiger partial charge in [0.05, 0.1) is 198 Å². The molecule has 10 rings (SSSR count). The summed E-state index contributed by atoms with van der Waals surface area (Å²) >= 11 is 91.2. The summed E-state index contributed by atoms with van der Waals surface area (Å²) in [6.07, 6.45) is 0. The molecule has 25 nitrogen and oxygen atoms in total. The summed E-state index contributed by atoms with van der Waals surface area (Å²) in [6.45, 7) is 26.3. The van der Waals surface area contributed by atoms with E-state index in [-0.39, 0.29) is 158 Å². The van der Waals surface area contributed by atoms with Crippen LogP contribution in [-0.2, 0) is 72.9 Å². The fourth-order valence-corrected chi connectivity index (χ4v) is 22.6. The predicted molar refractivity (Wildman–Crippen MR) is 601 cm³/mol. The lowest BCUT2D eigenvalue weighted by molar-refractivity contribution is 0.127. The number of ether oxygens (including phenoxy) is 15. The molecule has 0 radical (unpaired) electrons. The zero-order valence-corrected chi connectivity index (χ0v) is 101. The maximum Gasteiger partial charge on any atom is 0.206 e. The SMILES string of the molecule is COCC(C)COc1ccc(S(=O)(=O)c2ccc(OCC(C)CCl)c(Cl)c2)cc1Cl.COC[C@@H](C)COc1ccc(S(=O)(=O)c2ccc(OC[C@@H](C)CCl)c(Cl)c2)cc1Cl.COC[C@@H](C)COc1ccc(S(=O)(=O)c2ccc(OC[C@H](C)CCl)c(Cl)c2)cc1Cl.COC[C@H](C)COc1ccc(S(=O)(=O)c2ccc(OC[C@@H](C)CCl)c(Cl)c2)cc1Cl.COC[C@H](C)COc1ccc(S(=O)(=O)c2ccc(OC[C@H](C)CCl)c(Cl)c2)cc1Cl. The Balaban J connectivity index is 0.000000286. The molecule has 0 bridgehead atoms. The van der Waals surface area contributed by atoms with Gasteiger partial charge < -0.3 is 71.1 Å².